The number of amides is 1. The number of anilines is 1. The average Bonchev–Trinajstić information content (AvgIpc) is 2.83. The normalized spacial score (nSPS) is 10.4. The molecule has 1 amide bonds. The van der Waals surface area contributed by atoms with E-state index in [0.29, 0.717) is 8.81 Å². The lowest BCUT2D eigenvalue weighted by Gasteiger charge is -2.04. The molecule has 10 heteroatoms. The number of aliphatic carboxylic acids is 1. The molecule has 2 aromatic rings. The van der Waals surface area contributed by atoms with Crippen LogP contribution in [-0.2, 0) is 4.79 Å². The van der Waals surface area contributed by atoms with Gasteiger partial charge in [-0.1, -0.05) is 29.2 Å². The van der Waals surface area contributed by atoms with E-state index in [2.05, 4.69) is 31.4 Å². The van der Waals surface area contributed by atoms with Crippen LogP contribution in [0.1, 0.15) is 10.4 Å². The van der Waals surface area contributed by atoms with Gasteiger partial charge in [-0.15, -0.1) is 10.2 Å². The van der Waals surface area contributed by atoms with Gasteiger partial charge in [0.2, 0.25) is 5.13 Å². The second-order valence-corrected chi connectivity index (χ2v) is 6.66. The molecule has 0 aliphatic heterocycles. The lowest BCUT2D eigenvalue weighted by molar-refractivity contribution is -0.133. The molecule has 0 radical (unpaired) electrons. The van der Waals surface area contributed by atoms with Crippen LogP contribution in [0.4, 0.5) is 9.52 Å². The number of hydrogen-bond donors (Lipinski definition) is 2. The molecule has 0 aliphatic rings. The van der Waals surface area contributed by atoms with Gasteiger partial charge in [-0.3, -0.25) is 14.9 Å². The van der Waals surface area contributed by atoms with Gasteiger partial charge in [0.1, 0.15) is 5.82 Å². The van der Waals surface area contributed by atoms with E-state index in [1.54, 1.807) is 6.07 Å². The van der Waals surface area contributed by atoms with Crippen molar-refractivity contribution in [3.63, 3.8) is 0 Å². The van der Waals surface area contributed by atoms with E-state index in [-0.39, 0.29) is 16.4 Å². The van der Waals surface area contributed by atoms with Gasteiger partial charge in [-0.2, -0.15) is 0 Å². The first kappa shape index (κ1) is 15.9. The predicted octanol–water partition coefficient (Wildman–Crippen LogP) is 2.87. The van der Waals surface area contributed by atoms with Gasteiger partial charge in [0.05, 0.1) is 11.3 Å². The zero-order chi connectivity index (χ0) is 15.4. The topological polar surface area (TPSA) is 92.2 Å². The van der Waals surface area contributed by atoms with Crippen molar-refractivity contribution in [2.75, 3.05) is 11.1 Å². The average molecular weight is 392 g/mol. The van der Waals surface area contributed by atoms with Crippen LogP contribution in [0.5, 0.6) is 0 Å². The highest BCUT2D eigenvalue weighted by Gasteiger charge is 2.17. The first-order valence-electron chi connectivity index (χ1n) is 5.41. The second-order valence-electron chi connectivity index (χ2n) is 3.61. The molecule has 6 nitrogen and oxygen atoms in total. The number of thioether (sulfide) groups is 1. The minimum atomic E-state index is -0.976. The number of nitrogens with zero attached hydrogens (tertiary/aromatic N) is 2. The lowest BCUT2D eigenvalue weighted by Crippen LogP contribution is -2.14. The fraction of sp³-hybridized carbons (Fsp3) is 0.0909. The molecule has 0 atom stereocenters. The molecule has 21 heavy (non-hydrogen) atoms. The Bertz CT molecular complexity index is 675. The first-order valence-corrected chi connectivity index (χ1v) is 8.00. The number of hydrogen-bond acceptors (Lipinski definition) is 6. The van der Waals surface area contributed by atoms with E-state index in [1.165, 1.54) is 12.1 Å². The van der Waals surface area contributed by atoms with Gasteiger partial charge in [0.15, 0.2) is 4.34 Å². The maximum Gasteiger partial charge on any atom is 0.313 e. The molecule has 2 N–H and O–H groups in total. The summed E-state index contributed by atoms with van der Waals surface area (Å²) in [5.41, 5.74) is -0.132. The number of halogens is 2. The Kier molecular flexibility index (Phi) is 5.26. The van der Waals surface area contributed by atoms with Crippen LogP contribution >= 0.6 is 39.0 Å². The molecule has 0 aliphatic carbocycles. The predicted molar refractivity (Wildman–Crippen MR) is 80.3 cm³/mol. The Labute approximate surface area is 134 Å². The van der Waals surface area contributed by atoms with E-state index in [0.717, 1.165) is 23.1 Å². The summed E-state index contributed by atoms with van der Waals surface area (Å²) in [6, 6.07) is 4.20. The maximum absolute atomic E-state index is 13.6. The van der Waals surface area contributed by atoms with Gasteiger partial charge in [0.25, 0.3) is 5.91 Å². The van der Waals surface area contributed by atoms with Gasteiger partial charge in [-0.05, 0) is 28.1 Å². The van der Waals surface area contributed by atoms with E-state index < -0.39 is 17.7 Å². The number of rotatable bonds is 5. The lowest BCUT2D eigenvalue weighted by atomic mass is 10.2. The summed E-state index contributed by atoms with van der Waals surface area (Å²) in [7, 11) is 0. The van der Waals surface area contributed by atoms with Crippen LogP contribution < -0.4 is 5.32 Å². The molecule has 2 rings (SSSR count). The molecule has 1 aromatic heterocycles. The number of nitrogens with one attached hydrogen (secondary N) is 1. The van der Waals surface area contributed by atoms with Crippen LogP contribution in [0.3, 0.4) is 0 Å². The Balaban J connectivity index is 2.08. The number of carbonyl (C=O) groups excluding carboxylic acids is 1. The zero-order valence-electron chi connectivity index (χ0n) is 10.2. The number of carboxylic acid groups (broad SMARTS) is 1. The number of carboxylic acids is 1. The summed E-state index contributed by atoms with van der Waals surface area (Å²) in [4.78, 5) is 22.4. The minimum Gasteiger partial charge on any atom is -0.481 e. The largest absolute Gasteiger partial charge is 0.481 e. The Morgan fingerprint density at radius 1 is 1.43 bits per heavy atom. The Hall–Kier alpha value is -1.52. The van der Waals surface area contributed by atoms with E-state index in [9.17, 15) is 14.0 Å². The molecule has 0 saturated carbocycles. The van der Waals surface area contributed by atoms with E-state index in [4.69, 9.17) is 5.11 Å². The van der Waals surface area contributed by atoms with Crippen LogP contribution in [0, 0.1) is 5.82 Å². The van der Waals surface area contributed by atoms with Gasteiger partial charge < -0.3 is 5.11 Å². The van der Waals surface area contributed by atoms with Gasteiger partial charge in [-0.25, -0.2) is 4.39 Å². The third-order valence-electron chi connectivity index (χ3n) is 2.14. The number of carbonyl (C=O) groups is 2. The standard InChI is InChI=1S/C11H7BrFN3O3S2/c12-5-2-1-3-6(13)8(5)9(19)14-10-15-16-11(21-10)20-4-7(17)18/h1-3H,4H2,(H,17,18)(H,14,15,19). The van der Waals surface area contributed by atoms with Crippen LogP contribution in [0.15, 0.2) is 27.0 Å². The van der Waals surface area contributed by atoms with Crippen molar-refractivity contribution >= 4 is 56.0 Å². The van der Waals surface area contributed by atoms with Crippen molar-refractivity contribution in [1.29, 1.82) is 0 Å². The number of aromatic nitrogens is 2. The SMILES string of the molecule is O=C(O)CSc1nnc(NC(=O)c2c(F)cccc2Br)s1. The monoisotopic (exact) mass is 391 g/mol. The summed E-state index contributed by atoms with van der Waals surface area (Å²) in [6.45, 7) is 0. The highest BCUT2D eigenvalue weighted by Crippen LogP contribution is 2.26. The van der Waals surface area contributed by atoms with Crippen LogP contribution in [0.2, 0.25) is 0 Å². The van der Waals surface area contributed by atoms with E-state index >= 15 is 0 Å². The third kappa shape index (κ3) is 4.22. The molecule has 1 heterocycles. The highest BCUT2D eigenvalue weighted by molar-refractivity contribution is 9.10. The second kappa shape index (κ2) is 6.96. The Morgan fingerprint density at radius 3 is 2.86 bits per heavy atom. The molecule has 0 unspecified atom stereocenters. The molecular weight excluding hydrogens is 385 g/mol. The van der Waals surface area contributed by atoms with Crippen LogP contribution in [-0.4, -0.2) is 32.9 Å². The van der Waals surface area contributed by atoms with E-state index in [1.807, 2.05) is 0 Å². The highest BCUT2D eigenvalue weighted by atomic mass is 79.9. The fourth-order valence-electron chi connectivity index (χ4n) is 1.32. The molecule has 110 valence electrons. The van der Waals surface area contributed by atoms with Crippen molar-refractivity contribution < 1.29 is 19.1 Å². The van der Waals surface area contributed by atoms with Crippen molar-refractivity contribution in [1.82, 2.24) is 10.2 Å². The summed E-state index contributed by atoms with van der Waals surface area (Å²) >= 11 is 5.11. The minimum absolute atomic E-state index is 0.132. The summed E-state index contributed by atoms with van der Waals surface area (Å²) in [5, 5.41) is 18.6. The molecular formula is C11H7BrFN3O3S2. The Morgan fingerprint density at radius 2 is 2.19 bits per heavy atom. The van der Waals surface area contributed by atoms with Crippen LogP contribution in [0.25, 0.3) is 0 Å². The number of benzene rings is 1. The quantitative estimate of drug-likeness (QED) is 0.601. The zero-order valence-corrected chi connectivity index (χ0v) is 13.4. The summed E-state index contributed by atoms with van der Waals surface area (Å²) < 4.78 is 14.4. The van der Waals surface area contributed by atoms with Gasteiger partial charge >= 0.3 is 5.97 Å². The van der Waals surface area contributed by atoms with Crippen molar-refractivity contribution in [3.8, 4) is 0 Å². The first-order chi connectivity index (χ1) is 9.97. The fourth-order valence-corrected chi connectivity index (χ4v) is 3.31. The molecule has 1 aromatic carbocycles. The molecule has 0 spiro atoms. The molecule has 0 fully saturated rings. The summed E-state index contributed by atoms with van der Waals surface area (Å²) in [5.74, 6) is -2.45. The third-order valence-corrected chi connectivity index (χ3v) is 4.75. The smallest absolute Gasteiger partial charge is 0.313 e. The van der Waals surface area contributed by atoms with Crippen molar-refractivity contribution in [2.24, 2.45) is 0 Å². The van der Waals surface area contributed by atoms with Gasteiger partial charge in [0, 0.05) is 4.47 Å². The van der Waals surface area contributed by atoms with Crippen molar-refractivity contribution in [2.45, 2.75) is 4.34 Å². The van der Waals surface area contributed by atoms with Crippen molar-refractivity contribution in [3.05, 3.63) is 34.1 Å². The summed E-state index contributed by atoms with van der Waals surface area (Å²) in [6.07, 6.45) is 0. The molecule has 0 saturated heterocycles. The maximum atomic E-state index is 13.6. The molecule has 0 bridgehead atoms.